The van der Waals surface area contributed by atoms with E-state index >= 15 is 0 Å². The first-order valence-electron chi connectivity index (χ1n) is 6.29. The maximum Gasteiger partial charge on any atom is 0.186 e. The van der Waals surface area contributed by atoms with Gasteiger partial charge in [0.25, 0.3) is 0 Å². The van der Waals surface area contributed by atoms with E-state index in [1.54, 1.807) is 4.68 Å². The Labute approximate surface area is 117 Å². The molecular weight excluding hydrogens is 258 g/mol. The Morgan fingerprint density at radius 2 is 2.05 bits per heavy atom. The highest BCUT2D eigenvalue weighted by molar-refractivity contribution is 7.80. The summed E-state index contributed by atoms with van der Waals surface area (Å²) in [5.74, 6) is 0.606. The largest absolute Gasteiger partial charge is 0.389 e. The van der Waals surface area contributed by atoms with E-state index in [0.717, 1.165) is 35.4 Å². The van der Waals surface area contributed by atoms with Crippen molar-refractivity contribution in [3.63, 3.8) is 0 Å². The standard InChI is InChI=1S/C13H17N5S/c1-4-9-10(5-2)15-16-13(11(9)12(14)19)18-7-6-8(3)17-18/h6-7H,4-5H2,1-3H3,(H2,14,19). The Morgan fingerprint density at radius 3 is 2.53 bits per heavy atom. The van der Waals surface area contributed by atoms with Gasteiger partial charge < -0.3 is 5.73 Å². The smallest absolute Gasteiger partial charge is 0.186 e. The summed E-state index contributed by atoms with van der Waals surface area (Å²) in [4.78, 5) is 0.338. The molecule has 0 aliphatic heterocycles. The van der Waals surface area contributed by atoms with Gasteiger partial charge in [0, 0.05) is 6.20 Å². The van der Waals surface area contributed by atoms with Gasteiger partial charge in [0.2, 0.25) is 0 Å². The molecule has 0 aliphatic carbocycles. The van der Waals surface area contributed by atoms with Crippen molar-refractivity contribution in [2.24, 2.45) is 5.73 Å². The fourth-order valence-electron chi connectivity index (χ4n) is 2.11. The topological polar surface area (TPSA) is 69.6 Å². The normalized spacial score (nSPS) is 10.7. The lowest BCUT2D eigenvalue weighted by Gasteiger charge is -2.14. The van der Waals surface area contributed by atoms with Crippen molar-refractivity contribution in [3.05, 3.63) is 34.8 Å². The van der Waals surface area contributed by atoms with Crippen LogP contribution in [-0.2, 0) is 12.8 Å². The second kappa shape index (κ2) is 5.44. The SMILES string of the molecule is CCc1nnc(-n2ccc(C)n2)c(C(N)=S)c1CC. The summed E-state index contributed by atoms with van der Waals surface area (Å²) in [5, 5.41) is 12.9. The molecule has 100 valence electrons. The maximum atomic E-state index is 5.88. The van der Waals surface area contributed by atoms with Gasteiger partial charge in [0.05, 0.1) is 17.0 Å². The van der Waals surface area contributed by atoms with Gasteiger partial charge in [-0.05, 0) is 31.4 Å². The van der Waals surface area contributed by atoms with E-state index < -0.39 is 0 Å². The van der Waals surface area contributed by atoms with Gasteiger partial charge in [-0.1, -0.05) is 26.1 Å². The van der Waals surface area contributed by atoms with Gasteiger partial charge in [0.1, 0.15) is 4.99 Å². The summed E-state index contributed by atoms with van der Waals surface area (Å²) in [6.45, 7) is 6.03. The molecule has 5 nitrogen and oxygen atoms in total. The number of hydrogen-bond donors (Lipinski definition) is 1. The number of aryl methyl sites for hydroxylation is 2. The van der Waals surface area contributed by atoms with Crippen molar-refractivity contribution < 1.29 is 0 Å². The number of nitrogens with zero attached hydrogens (tertiary/aromatic N) is 4. The second-order valence-corrected chi connectivity index (χ2v) is 4.74. The molecule has 0 saturated heterocycles. The zero-order chi connectivity index (χ0) is 14.0. The van der Waals surface area contributed by atoms with Crippen molar-refractivity contribution in [2.75, 3.05) is 0 Å². The van der Waals surface area contributed by atoms with Crippen LogP contribution in [0.15, 0.2) is 12.3 Å². The zero-order valence-electron chi connectivity index (χ0n) is 11.3. The first-order valence-corrected chi connectivity index (χ1v) is 6.70. The Hall–Kier alpha value is -1.82. The van der Waals surface area contributed by atoms with Gasteiger partial charge in [-0.15, -0.1) is 5.10 Å². The van der Waals surface area contributed by atoms with Gasteiger partial charge in [-0.3, -0.25) is 0 Å². The Bertz CT molecular complexity index is 617. The fraction of sp³-hybridized carbons (Fsp3) is 0.385. The Balaban J connectivity index is 2.71. The highest BCUT2D eigenvalue weighted by Gasteiger charge is 2.18. The lowest BCUT2D eigenvalue weighted by Crippen LogP contribution is -2.20. The first-order chi connectivity index (χ1) is 9.08. The number of aromatic nitrogens is 4. The van der Waals surface area contributed by atoms with E-state index in [1.165, 1.54) is 0 Å². The molecule has 0 spiro atoms. The van der Waals surface area contributed by atoms with Crippen molar-refractivity contribution >= 4 is 17.2 Å². The molecule has 2 aromatic heterocycles. The predicted molar refractivity (Wildman–Crippen MR) is 78.5 cm³/mol. The maximum absolute atomic E-state index is 5.88. The third-order valence-electron chi connectivity index (χ3n) is 3.01. The third-order valence-corrected chi connectivity index (χ3v) is 3.22. The summed E-state index contributed by atoms with van der Waals surface area (Å²) in [6, 6.07) is 1.91. The quantitative estimate of drug-likeness (QED) is 0.861. The van der Waals surface area contributed by atoms with Crippen LogP contribution < -0.4 is 5.73 Å². The molecule has 0 aliphatic rings. The number of hydrogen-bond acceptors (Lipinski definition) is 4. The lowest BCUT2D eigenvalue weighted by atomic mass is 10.0. The van der Waals surface area contributed by atoms with E-state index in [9.17, 15) is 0 Å². The number of rotatable bonds is 4. The van der Waals surface area contributed by atoms with Gasteiger partial charge in [-0.25, -0.2) is 4.68 Å². The average Bonchev–Trinajstić information content (AvgIpc) is 2.83. The number of thiocarbonyl (C=S) groups is 1. The van der Waals surface area contributed by atoms with E-state index in [4.69, 9.17) is 18.0 Å². The predicted octanol–water partition coefficient (Wildman–Crippen LogP) is 1.73. The minimum atomic E-state index is 0.338. The van der Waals surface area contributed by atoms with Crippen LogP contribution >= 0.6 is 12.2 Å². The molecule has 19 heavy (non-hydrogen) atoms. The van der Waals surface area contributed by atoms with Crippen LogP contribution in [0.2, 0.25) is 0 Å². The van der Waals surface area contributed by atoms with Gasteiger partial charge >= 0.3 is 0 Å². The van der Waals surface area contributed by atoms with Crippen molar-refractivity contribution in [1.82, 2.24) is 20.0 Å². The minimum Gasteiger partial charge on any atom is -0.389 e. The van der Waals surface area contributed by atoms with Gasteiger partial charge in [0.15, 0.2) is 5.82 Å². The van der Waals surface area contributed by atoms with E-state index in [0.29, 0.717) is 10.8 Å². The van der Waals surface area contributed by atoms with Crippen LogP contribution in [0.1, 0.15) is 36.4 Å². The molecule has 2 N–H and O–H groups in total. The summed E-state index contributed by atoms with van der Waals surface area (Å²) in [7, 11) is 0. The Kier molecular flexibility index (Phi) is 3.90. The molecule has 2 rings (SSSR count). The third kappa shape index (κ3) is 2.49. The van der Waals surface area contributed by atoms with Crippen LogP contribution in [0.25, 0.3) is 5.82 Å². The second-order valence-electron chi connectivity index (χ2n) is 4.30. The van der Waals surface area contributed by atoms with Crippen LogP contribution in [0, 0.1) is 6.92 Å². The Morgan fingerprint density at radius 1 is 1.32 bits per heavy atom. The molecule has 2 aromatic rings. The molecule has 0 amide bonds. The molecule has 0 aromatic carbocycles. The van der Waals surface area contributed by atoms with Gasteiger partial charge in [-0.2, -0.15) is 10.2 Å². The molecular formula is C13H17N5S. The van der Waals surface area contributed by atoms with Crippen molar-refractivity contribution in [1.29, 1.82) is 0 Å². The van der Waals surface area contributed by atoms with E-state index in [1.807, 2.05) is 26.1 Å². The van der Waals surface area contributed by atoms with E-state index in [-0.39, 0.29) is 0 Å². The summed E-state index contributed by atoms with van der Waals surface area (Å²) < 4.78 is 1.68. The van der Waals surface area contributed by atoms with Crippen LogP contribution in [0.3, 0.4) is 0 Å². The van der Waals surface area contributed by atoms with Crippen molar-refractivity contribution in [2.45, 2.75) is 33.6 Å². The first kappa shape index (κ1) is 13.6. The zero-order valence-corrected chi connectivity index (χ0v) is 12.2. The summed E-state index contributed by atoms with van der Waals surface area (Å²) in [5.41, 5.74) is 9.58. The average molecular weight is 275 g/mol. The fourth-order valence-corrected chi connectivity index (χ4v) is 2.33. The molecule has 2 heterocycles. The molecule has 6 heteroatoms. The lowest BCUT2D eigenvalue weighted by molar-refractivity contribution is 0.773. The molecule has 0 bridgehead atoms. The van der Waals surface area contributed by atoms with Crippen LogP contribution in [0.4, 0.5) is 0 Å². The molecule has 0 saturated carbocycles. The highest BCUT2D eigenvalue weighted by Crippen LogP contribution is 2.20. The minimum absolute atomic E-state index is 0.338. The summed E-state index contributed by atoms with van der Waals surface area (Å²) in [6.07, 6.45) is 3.47. The molecule has 0 fully saturated rings. The number of nitrogens with two attached hydrogens (primary N) is 1. The van der Waals surface area contributed by atoms with Crippen LogP contribution in [0.5, 0.6) is 0 Å². The summed E-state index contributed by atoms with van der Waals surface area (Å²) >= 11 is 5.19. The molecule has 0 atom stereocenters. The molecule has 0 radical (unpaired) electrons. The van der Waals surface area contributed by atoms with Crippen LogP contribution in [-0.4, -0.2) is 25.0 Å². The molecule has 0 unspecified atom stereocenters. The van der Waals surface area contributed by atoms with E-state index in [2.05, 4.69) is 22.2 Å². The highest BCUT2D eigenvalue weighted by atomic mass is 32.1. The monoisotopic (exact) mass is 275 g/mol. The van der Waals surface area contributed by atoms with Crippen molar-refractivity contribution in [3.8, 4) is 5.82 Å².